The number of nitrogens with zero attached hydrogens (tertiary/aromatic N) is 2. The SMILES string of the molecule is O=C(NCc1ccccc1F)c1cn2c(n1)COCC2. The number of hydrogen-bond donors (Lipinski definition) is 1. The van der Waals surface area contributed by atoms with Gasteiger partial charge in [0.25, 0.3) is 5.91 Å². The highest BCUT2D eigenvalue weighted by Crippen LogP contribution is 2.10. The first kappa shape index (κ1) is 12.8. The van der Waals surface area contributed by atoms with E-state index in [1.807, 2.05) is 4.57 Å². The highest BCUT2D eigenvalue weighted by Gasteiger charge is 2.17. The molecule has 0 aliphatic carbocycles. The first-order valence-corrected chi connectivity index (χ1v) is 6.39. The van der Waals surface area contributed by atoms with Gasteiger partial charge in [0, 0.05) is 24.8 Å². The lowest BCUT2D eigenvalue weighted by Crippen LogP contribution is -2.23. The second-order valence-corrected chi connectivity index (χ2v) is 4.56. The molecule has 5 nitrogen and oxygen atoms in total. The predicted octanol–water partition coefficient (Wildman–Crippen LogP) is 1.48. The molecular weight excluding hydrogens is 261 g/mol. The number of ether oxygens (including phenoxy) is 1. The molecular formula is C14H14FN3O2. The number of fused-ring (bicyclic) bond motifs is 1. The molecule has 1 aromatic carbocycles. The van der Waals surface area contributed by atoms with Crippen LogP contribution in [0.5, 0.6) is 0 Å². The van der Waals surface area contributed by atoms with E-state index in [9.17, 15) is 9.18 Å². The average molecular weight is 275 g/mol. The van der Waals surface area contributed by atoms with Gasteiger partial charge in [-0.1, -0.05) is 18.2 Å². The monoisotopic (exact) mass is 275 g/mol. The van der Waals surface area contributed by atoms with Crippen LogP contribution < -0.4 is 5.32 Å². The lowest BCUT2D eigenvalue weighted by atomic mass is 10.2. The Morgan fingerprint density at radius 3 is 3.10 bits per heavy atom. The molecule has 3 rings (SSSR count). The van der Waals surface area contributed by atoms with Crippen LogP contribution in [0.1, 0.15) is 21.9 Å². The topological polar surface area (TPSA) is 56.2 Å². The standard InChI is InChI=1S/C14H14FN3O2/c15-11-4-2-1-3-10(11)7-16-14(19)12-8-18-5-6-20-9-13(18)17-12/h1-4,8H,5-7,9H2,(H,16,19). The van der Waals surface area contributed by atoms with Gasteiger partial charge >= 0.3 is 0 Å². The fourth-order valence-electron chi connectivity index (χ4n) is 2.11. The molecule has 2 aromatic rings. The summed E-state index contributed by atoms with van der Waals surface area (Å²) in [7, 11) is 0. The van der Waals surface area contributed by atoms with E-state index in [4.69, 9.17) is 4.74 Å². The average Bonchev–Trinajstić information content (AvgIpc) is 2.90. The Bertz CT molecular complexity index is 616. The summed E-state index contributed by atoms with van der Waals surface area (Å²) >= 11 is 0. The smallest absolute Gasteiger partial charge is 0.271 e. The van der Waals surface area contributed by atoms with Crippen molar-refractivity contribution < 1.29 is 13.9 Å². The molecule has 1 N–H and O–H groups in total. The molecule has 1 aliphatic rings. The van der Waals surface area contributed by atoms with E-state index in [1.54, 1.807) is 24.4 Å². The third-order valence-corrected chi connectivity index (χ3v) is 3.20. The summed E-state index contributed by atoms with van der Waals surface area (Å²) in [5.74, 6) is 0.104. The molecule has 20 heavy (non-hydrogen) atoms. The molecule has 0 saturated heterocycles. The summed E-state index contributed by atoms with van der Waals surface area (Å²) in [6.07, 6.45) is 1.70. The van der Waals surface area contributed by atoms with Crippen LogP contribution in [0.25, 0.3) is 0 Å². The molecule has 1 aromatic heterocycles. The quantitative estimate of drug-likeness (QED) is 0.923. The Hall–Kier alpha value is -2.21. The van der Waals surface area contributed by atoms with Crippen LogP contribution in [0, 0.1) is 5.82 Å². The molecule has 0 saturated carbocycles. The predicted molar refractivity (Wildman–Crippen MR) is 69.5 cm³/mol. The van der Waals surface area contributed by atoms with E-state index < -0.39 is 0 Å². The van der Waals surface area contributed by atoms with Gasteiger partial charge < -0.3 is 14.6 Å². The number of hydrogen-bond acceptors (Lipinski definition) is 3. The molecule has 0 radical (unpaired) electrons. The lowest BCUT2D eigenvalue weighted by molar-refractivity contribution is 0.0816. The van der Waals surface area contributed by atoms with Crippen LogP contribution in [0.2, 0.25) is 0 Å². The summed E-state index contributed by atoms with van der Waals surface area (Å²) in [6.45, 7) is 1.88. The van der Waals surface area contributed by atoms with E-state index in [0.29, 0.717) is 31.0 Å². The van der Waals surface area contributed by atoms with Crippen molar-refractivity contribution in [1.29, 1.82) is 0 Å². The summed E-state index contributed by atoms with van der Waals surface area (Å²) in [4.78, 5) is 16.2. The highest BCUT2D eigenvalue weighted by atomic mass is 19.1. The second-order valence-electron chi connectivity index (χ2n) is 4.56. The van der Waals surface area contributed by atoms with E-state index in [-0.39, 0.29) is 18.3 Å². The van der Waals surface area contributed by atoms with E-state index in [0.717, 1.165) is 5.82 Å². The van der Waals surface area contributed by atoms with Gasteiger partial charge in [-0.05, 0) is 6.07 Å². The zero-order chi connectivity index (χ0) is 13.9. The molecule has 2 heterocycles. The van der Waals surface area contributed by atoms with Gasteiger partial charge in [0.05, 0.1) is 6.61 Å². The highest BCUT2D eigenvalue weighted by molar-refractivity contribution is 5.92. The van der Waals surface area contributed by atoms with Crippen molar-refractivity contribution in [2.45, 2.75) is 19.7 Å². The van der Waals surface area contributed by atoms with Gasteiger partial charge in [0.1, 0.15) is 23.9 Å². The Labute approximate surface area is 115 Å². The van der Waals surface area contributed by atoms with Gasteiger partial charge in [-0.2, -0.15) is 0 Å². The second kappa shape index (κ2) is 5.42. The van der Waals surface area contributed by atoms with Crippen molar-refractivity contribution in [3.05, 3.63) is 53.4 Å². The van der Waals surface area contributed by atoms with Crippen LogP contribution in [0.15, 0.2) is 30.5 Å². The molecule has 0 spiro atoms. The van der Waals surface area contributed by atoms with Crippen molar-refractivity contribution in [3.8, 4) is 0 Å². The molecule has 0 unspecified atom stereocenters. The minimum atomic E-state index is -0.328. The molecule has 1 aliphatic heterocycles. The summed E-state index contributed by atoms with van der Waals surface area (Å²) in [5.41, 5.74) is 0.787. The first-order valence-electron chi connectivity index (χ1n) is 6.39. The van der Waals surface area contributed by atoms with Gasteiger partial charge in [-0.3, -0.25) is 4.79 Å². The number of benzene rings is 1. The van der Waals surface area contributed by atoms with E-state index >= 15 is 0 Å². The van der Waals surface area contributed by atoms with Crippen LogP contribution in [-0.4, -0.2) is 22.1 Å². The van der Waals surface area contributed by atoms with Gasteiger partial charge in [0.15, 0.2) is 0 Å². The lowest BCUT2D eigenvalue weighted by Gasteiger charge is -2.13. The Balaban J connectivity index is 1.67. The maximum Gasteiger partial charge on any atom is 0.271 e. The van der Waals surface area contributed by atoms with Crippen molar-refractivity contribution in [2.75, 3.05) is 6.61 Å². The molecule has 0 fully saturated rings. The largest absolute Gasteiger partial charge is 0.372 e. The van der Waals surface area contributed by atoms with Crippen LogP contribution in [0.3, 0.4) is 0 Å². The molecule has 0 bridgehead atoms. The first-order chi connectivity index (χ1) is 9.74. The fourth-order valence-corrected chi connectivity index (χ4v) is 2.11. The summed E-state index contributed by atoms with van der Waals surface area (Å²) in [5, 5.41) is 2.67. The number of carbonyl (C=O) groups excluding carboxylic acids is 1. The molecule has 0 atom stereocenters. The number of nitrogens with one attached hydrogen (secondary N) is 1. The Morgan fingerprint density at radius 1 is 1.45 bits per heavy atom. The number of carbonyl (C=O) groups is 1. The van der Waals surface area contributed by atoms with Gasteiger partial charge in [0.2, 0.25) is 0 Å². The number of halogens is 1. The van der Waals surface area contributed by atoms with Crippen molar-refractivity contribution >= 4 is 5.91 Å². The summed E-state index contributed by atoms with van der Waals surface area (Å²) < 4.78 is 20.6. The Kier molecular flexibility index (Phi) is 3.47. The molecule has 1 amide bonds. The van der Waals surface area contributed by atoms with Gasteiger partial charge in [-0.15, -0.1) is 0 Å². The van der Waals surface area contributed by atoms with Crippen molar-refractivity contribution in [3.63, 3.8) is 0 Å². The molecule has 104 valence electrons. The van der Waals surface area contributed by atoms with Crippen LogP contribution in [-0.2, 0) is 24.4 Å². The zero-order valence-electron chi connectivity index (χ0n) is 10.8. The number of rotatable bonds is 3. The number of imidazole rings is 1. The van der Waals surface area contributed by atoms with Crippen molar-refractivity contribution in [2.24, 2.45) is 0 Å². The fraction of sp³-hybridized carbons (Fsp3) is 0.286. The minimum Gasteiger partial charge on any atom is -0.372 e. The molecule has 6 heteroatoms. The maximum atomic E-state index is 13.4. The summed E-state index contributed by atoms with van der Waals surface area (Å²) in [6, 6.07) is 6.36. The number of aromatic nitrogens is 2. The third kappa shape index (κ3) is 2.55. The Morgan fingerprint density at radius 2 is 2.30 bits per heavy atom. The third-order valence-electron chi connectivity index (χ3n) is 3.20. The van der Waals surface area contributed by atoms with E-state index in [1.165, 1.54) is 6.07 Å². The zero-order valence-corrected chi connectivity index (χ0v) is 10.8. The van der Waals surface area contributed by atoms with Crippen LogP contribution >= 0.6 is 0 Å². The van der Waals surface area contributed by atoms with Crippen LogP contribution in [0.4, 0.5) is 4.39 Å². The number of amides is 1. The van der Waals surface area contributed by atoms with Crippen molar-refractivity contribution in [1.82, 2.24) is 14.9 Å². The van der Waals surface area contributed by atoms with Gasteiger partial charge in [-0.25, -0.2) is 9.37 Å². The maximum absolute atomic E-state index is 13.4. The normalized spacial score (nSPS) is 13.8. The minimum absolute atomic E-state index is 0.143. The van der Waals surface area contributed by atoms with E-state index in [2.05, 4.69) is 10.3 Å².